The average Bonchev–Trinajstić information content (AvgIpc) is 2.73. The molecule has 1 N–H and O–H groups in total. The molecule has 0 bridgehead atoms. The van der Waals surface area contributed by atoms with Gasteiger partial charge in [-0.1, -0.05) is 63.8 Å². The van der Waals surface area contributed by atoms with Gasteiger partial charge in [0.05, 0.1) is 10.6 Å². The first-order valence-electron chi connectivity index (χ1n) is 12.6. The van der Waals surface area contributed by atoms with Gasteiger partial charge in [-0.15, -0.1) is 12.4 Å². The molecule has 0 atom stereocenters. The van der Waals surface area contributed by atoms with Crippen LogP contribution >= 0.6 is 24.0 Å². The van der Waals surface area contributed by atoms with Gasteiger partial charge in [-0.2, -0.15) is 13.2 Å². The molecule has 1 aliphatic rings. The molecule has 1 fully saturated rings. The van der Waals surface area contributed by atoms with Crippen molar-refractivity contribution in [3.63, 3.8) is 0 Å². The quantitative estimate of drug-likeness (QED) is 0.404. The highest BCUT2D eigenvalue weighted by atomic mass is 35.5. The molecular weight excluding hydrogens is 506 g/mol. The summed E-state index contributed by atoms with van der Waals surface area (Å²) in [6.07, 6.45) is 1.68. The highest BCUT2D eigenvalue weighted by Crippen LogP contribution is 2.42. The van der Waals surface area contributed by atoms with Crippen LogP contribution in [0, 0.1) is 5.92 Å². The van der Waals surface area contributed by atoms with Crippen LogP contribution in [0.2, 0.25) is 5.02 Å². The van der Waals surface area contributed by atoms with Crippen LogP contribution in [0.4, 0.5) is 13.2 Å². The summed E-state index contributed by atoms with van der Waals surface area (Å²) >= 11 is 5.87. The Kier molecular flexibility index (Phi) is 9.86. The Morgan fingerprint density at radius 2 is 1.56 bits per heavy atom. The van der Waals surface area contributed by atoms with Crippen molar-refractivity contribution >= 4 is 24.0 Å². The van der Waals surface area contributed by atoms with Crippen molar-refractivity contribution in [2.24, 2.45) is 5.92 Å². The van der Waals surface area contributed by atoms with E-state index in [1.807, 2.05) is 12.1 Å². The van der Waals surface area contributed by atoms with Crippen molar-refractivity contribution in [1.82, 2.24) is 4.90 Å². The van der Waals surface area contributed by atoms with Gasteiger partial charge in [0.2, 0.25) is 0 Å². The SMILES string of the molecule is CC(C)(C)c1cc(CN(CC2CCCCC2)C(C)(C)C)c(O)c(-c2ccc(Cl)c(C(F)(F)F)c2)c1.Cl. The molecule has 7 heteroatoms. The Morgan fingerprint density at radius 3 is 2.08 bits per heavy atom. The number of hydrogen-bond acceptors (Lipinski definition) is 2. The lowest BCUT2D eigenvalue weighted by atomic mass is 9.83. The molecule has 0 heterocycles. The lowest BCUT2D eigenvalue weighted by molar-refractivity contribution is -0.137. The Labute approximate surface area is 225 Å². The Bertz CT molecular complexity index is 1030. The topological polar surface area (TPSA) is 23.5 Å². The van der Waals surface area contributed by atoms with Gasteiger partial charge >= 0.3 is 6.18 Å². The van der Waals surface area contributed by atoms with E-state index in [0.29, 0.717) is 23.6 Å². The second-order valence-electron chi connectivity index (χ2n) is 12.0. The van der Waals surface area contributed by atoms with Gasteiger partial charge in [0, 0.05) is 29.8 Å². The van der Waals surface area contributed by atoms with Crippen LogP contribution in [0.1, 0.15) is 90.3 Å². The molecule has 0 amide bonds. The minimum absolute atomic E-state index is 0. The second-order valence-corrected chi connectivity index (χ2v) is 12.4. The van der Waals surface area contributed by atoms with E-state index in [9.17, 15) is 18.3 Å². The minimum atomic E-state index is -4.57. The van der Waals surface area contributed by atoms with Crippen molar-refractivity contribution in [2.45, 2.75) is 97.3 Å². The highest BCUT2D eigenvalue weighted by molar-refractivity contribution is 6.31. The van der Waals surface area contributed by atoms with Gasteiger partial charge in [0.25, 0.3) is 0 Å². The van der Waals surface area contributed by atoms with Crippen molar-refractivity contribution in [2.75, 3.05) is 6.54 Å². The fraction of sp³-hybridized carbons (Fsp3) is 0.586. The summed E-state index contributed by atoms with van der Waals surface area (Å²) in [5.74, 6) is 0.660. The van der Waals surface area contributed by atoms with Gasteiger partial charge in [-0.3, -0.25) is 4.90 Å². The molecule has 202 valence electrons. The summed E-state index contributed by atoms with van der Waals surface area (Å²) < 4.78 is 40.7. The highest BCUT2D eigenvalue weighted by Gasteiger charge is 2.34. The number of alkyl halides is 3. The van der Waals surface area contributed by atoms with Crippen LogP contribution in [0.15, 0.2) is 30.3 Å². The standard InChI is InChI=1S/C29H39ClF3NO.ClH/c1-27(2,3)22-14-21(18-34(28(4,5)6)17-19-10-8-7-9-11-19)26(35)23(16-22)20-12-13-25(30)24(15-20)29(31,32)33;/h12-16,19,35H,7-11,17-18H2,1-6H3;1H. The van der Waals surface area contributed by atoms with E-state index in [1.54, 1.807) is 6.07 Å². The molecule has 0 unspecified atom stereocenters. The minimum Gasteiger partial charge on any atom is -0.507 e. The van der Waals surface area contributed by atoms with Crippen LogP contribution in [0.3, 0.4) is 0 Å². The maximum atomic E-state index is 13.6. The summed E-state index contributed by atoms with van der Waals surface area (Å²) in [5, 5.41) is 11.0. The van der Waals surface area contributed by atoms with E-state index in [0.717, 1.165) is 23.7 Å². The van der Waals surface area contributed by atoms with Crippen molar-refractivity contribution in [3.05, 3.63) is 52.0 Å². The summed E-state index contributed by atoms with van der Waals surface area (Å²) in [6.45, 7) is 14.2. The molecule has 0 spiro atoms. The molecule has 1 aliphatic carbocycles. The number of nitrogens with zero attached hydrogens (tertiary/aromatic N) is 1. The molecule has 0 saturated heterocycles. The number of rotatable bonds is 5. The zero-order valence-corrected chi connectivity index (χ0v) is 23.8. The number of aromatic hydroxyl groups is 1. The van der Waals surface area contributed by atoms with Crippen LogP contribution in [0.5, 0.6) is 5.75 Å². The molecule has 2 nitrogen and oxygen atoms in total. The van der Waals surface area contributed by atoms with Crippen molar-refractivity contribution < 1.29 is 18.3 Å². The monoisotopic (exact) mass is 545 g/mol. The number of phenolic OH excluding ortho intramolecular Hbond substituents is 1. The summed E-state index contributed by atoms with van der Waals surface area (Å²) in [6, 6.07) is 7.67. The zero-order valence-electron chi connectivity index (χ0n) is 22.2. The number of phenols is 1. The van der Waals surface area contributed by atoms with E-state index < -0.39 is 11.7 Å². The lowest BCUT2D eigenvalue weighted by Crippen LogP contribution is -2.44. The van der Waals surface area contributed by atoms with E-state index in [-0.39, 0.29) is 34.1 Å². The molecule has 0 radical (unpaired) electrons. The van der Waals surface area contributed by atoms with E-state index in [2.05, 4.69) is 46.4 Å². The van der Waals surface area contributed by atoms with Crippen LogP contribution in [0.25, 0.3) is 11.1 Å². The second kappa shape index (κ2) is 11.5. The maximum absolute atomic E-state index is 13.6. The molecule has 2 aromatic carbocycles. The van der Waals surface area contributed by atoms with E-state index in [1.165, 1.54) is 38.2 Å². The normalized spacial score (nSPS) is 15.8. The third-order valence-electron chi connectivity index (χ3n) is 7.15. The van der Waals surface area contributed by atoms with Gasteiger partial charge < -0.3 is 5.11 Å². The first kappa shape index (κ1) is 30.8. The number of hydrogen-bond donors (Lipinski definition) is 1. The summed E-state index contributed by atoms with van der Waals surface area (Å²) in [5.41, 5.74) is 1.16. The van der Waals surface area contributed by atoms with Crippen LogP contribution in [-0.2, 0) is 18.1 Å². The predicted molar refractivity (Wildman–Crippen MR) is 146 cm³/mol. The average molecular weight is 547 g/mol. The largest absolute Gasteiger partial charge is 0.507 e. The van der Waals surface area contributed by atoms with Gasteiger partial charge in [0.1, 0.15) is 5.75 Å². The maximum Gasteiger partial charge on any atom is 0.417 e. The van der Waals surface area contributed by atoms with Crippen molar-refractivity contribution in [3.8, 4) is 16.9 Å². The molecule has 3 rings (SSSR count). The third-order valence-corrected chi connectivity index (χ3v) is 7.48. The van der Waals surface area contributed by atoms with Crippen molar-refractivity contribution in [1.29, 1.82) is 0 Å². The molecule has 1 saturated carbocycles. The van der Waals surface area contributed by atoms with Crippen LogP contribution < -0.4 is 0 Å². The summed E-state index contributed by atoms with van der Waals surface area (Å²) in [4.78, 5) is 2.40. The van der Waals surface area contributed by atoms with Crippen LogP contribution in [-0.4, -0.2) is 22.1 Å². The van der Waals surface area contributed by atoms with Gasteiger partial charge in [-0.25, -0.2) is 0 Å². The molecule has 36 heavy (non-hydrogen) atoms. The zero-order chi connectivity index (χ0) is 26.2. The molecule has 0 aromatic heterocycles. The first-order chi connectivity index (χ1) is 16.1. The molecule has 2 aromatic rings. The van der Waals surface area contributed by atoms with Gasteiger partial charge in [0.15, 0.2) is 0 Å². The Hall–Kier alpha value is -1.43. The number of halogens is 5. The smallest absolute Gasteiger partial charge is 0.417 e. The number of benzene rings is 2. The third kappa shape index (κ3) is 7.55. The fourth-order valence-electron chi connectivity index (χ4n) is 4.84. The first-order valence-corrected chi connectivity index (χ1v) is 12.9. The summed E-state index contributed by atoms with van der Waals surface area (Å²) in [7, 11) is 0. The lowest BCUT2D eigenvalue weighted by Gasteiger charge is -2.39. The molecule has 0 aliphatic heterocycles. The van der Waals surface area contributed by atoms with Gasteiger partial charge in [-0.05, 0) is 74.3 Å². The molecular formula is C29H40Cl2F3NO. The van der Waals surface area contributed by atoms with E-state index in [4.69, 9.17) is 11.6 Å². The fourth-order valence-corrected chi connectivity index (χ4v) is 5.07. The van der Waals surface area contributed by atoms with E-state index >= 15 is 0 Å². The predicted octanol–water partition coefficient (Wildman–Crippen LogP) is 9.63. The Balaban J connectivity index is 0.00000456. The Morgan fingerprint density at radius 1 is 0.944 bits per heavy atom.